The van der Waals surface area contributed by atoms with E-state index in [0.29, 0.717) is 48.7 Å². The van der Waals surface area contributed by atoms with Gasteiger partial charge in [-0.3, -0.25) is 29.0 Å². The quantitative estimate of drug-likeness (QED) is 0.237. The fourth-order valence-electron chi connectivity index (χ4n) is 5.98. The number of nitrogens with zero attached hydrogens (tertiary/aromatic N) is 3. The van der Waals surface area contributed by atoms with E-state index in [2.05, 4.69) is 20.4 Å². The Balaban J connectivity index is 1.29. The SMILES string of the molecule is CNC(=O)C(CCC=O)N1C(=O)c2cccc(N3CCN(CCCCC(=O)NC4CCCCC4)CC3)c2C1=O. The van der Waals surface area contributed by atoms with Gasteiger partial charge in [-0.25, -0.2) is 0 Å². The van der Waals surface area contributed by atoms with Crippen LogP contribution in [0.4, 0.5) is 5.69 Å². The standard InChI is InChI=1S/C29H41N5O5/c1-30-27(37)24(13-8-20-35)34-28(38)22-11-7-12-23(26(22)29(34)39)33-18-16-32(17-19-33)15-6-5-14-25(36)31-21-9-3-2-4-10-21/h7,11-12,20-21,24H,2-6,8-10,13-19H2,1H3,(H,30,37)(H,31,36). The van der Waals surface area contributed by atoms with E-state index in [1.807, 2.05) is 6.07 Å². The lowest BCUT2D eigenvalue weighted by Crippen LogP contribution is -2.49. The predicted octanol–water partition coefficient (Wildman–Crippen LogP) is 2.12. The number of fused-ring (bicyclic) bond motifs is 1. The van der Waals surface area contributed by atoms with E-state index >= 15 is 0 Å². The molecule has 0 aromatic heterocycles. The molecule has 3 aliphatic rings. The zero-order valence-corrected chi connectivity index (χ0v) is 23.0. The van der Waals surface area contributed by atoms with E-state index in [0.717, 1.165) is 50.2 Å². The van der Waals surface area contributed by atoms with Crippen molar-refractivity contribution >= 4 is 35.6 Å². The number of piperazine rings is 1. The molecule has 1 atom stereocenters. The maximum atomic E-state index is 13.5. The van der Waals surface area contributed by atoms with E-state index in [9.17, 15) is 24.0 Å². The predicted molar refractivity (Wildman–Crippen MR) is 148 cm³/mol. The molecule has 1 aromatic rings. The molecule has 1 aromatic carbocycles. The molecule has 0 radical (unpaired) electrons. The Kier molecular flexibility index (Phi) is 10.1. The monoisotopic (exact) mass is 539 g/mol. The summed E-state index contributed by atoms with van der Waals surface area (Å²) in [6, 6.07) is 4.59. The number of likely N-dealkylation sites (N-methyl/N-ethyl adjacent to an activating group) is 1. The molecule has 0 spiro atoms. The van der Waals surface area contributed by atoms with E-state index in [1.54, 1.807) is 12.1 Å². The van der Waals surface area contributed by atoms with Gasteiger partial charge in [-0.15, -0.1) is 0 Å². The van der Waals surface area contributed by atoms with Gasteiger partial charge in [0.25, 0.3) is 11.8 Å². The van der Waals surface area contributed by atoms with Crippen LogP contribution in [0.2, 0.25) is 0 Å². The number of anilines is 1. The molecule has 2 heterocycles. The Morgan fingerprint density at radius 2 is 1.77 bits per heavy atom. The van der Waals surface area contributed by atoms with Crippen LogP contribution in [0.1, 0.15) is 84.9 Å². The largest absolute Gasteiger partial charge is 0.368 e. The van der Waals surface area contributed by atoms with Gasteiger partial charge in [0, 0.05) is 52.1 Å². The van der Waals surface area contributed by atoms with E-state index in [1.165, 1.54) is 26.3 Å². The van der Waals surface area contributed by atoms with E-state index < -0.39 is 23.8 Å². The van der Waals surface area contributed by atoms with Crippen LogP contribution in [0.5, 0.6) is 0 Å². The fraction of sp³-hybridized carbons (Fsp3) is 0.621. The third kappa shape index (κ3) is 6.84. The van der Waals surface area contributed by atoms with Crippen molar-refractivity contribution in [2.24, 2.45) is 0 Å². The molecular weight excluding hydrogens is 498 g/mol. The van der Waals surface area contributed by atoms with E-state index in [4.69, 9.17) is 0 Å². The highest BCUT2D eigenvalue weighted by Gasteiger charge is 2.44. The maximum absolute atomic E-state index is 13.5. The Labute approximate surface area is 230 Å². The summed E-state index contributed by atoms with van der Waals surface area (Å²) in [5.74, 6) is -1.28. The van der Waals surface area contributed by atoms with Crippen molar-refractivity contribution < 1.29 is 24.0 Å². The first-order valence-corrected chi connectivity index (χ1v) is 14.4. The number of imide groups is 1. The first kappa shape index (κ1) is 28.7. The molecule has 2 aliphatic heterocycles. The number of benzene rings is 1. The lowest BCUT2D eigenvalue weighted by Gasteiger charge is -2.36. The average Bonchev–Trinajstić information content (AvgIpc) is 3.21. The van der Waals surface area contributed by atoms with Gasteiger partial charge >= 0.3 is 0 Å². The maximum Gasteiger partial charge on any atom is 0.264 e. The van der Waals surface area contributed by atoms with Crippen molar-refractivity contribution in [2.75, 3.05) is 44.7 Å². The van der Waals surface area contributed by atoms with Crippen LogP contribution in [0.3, 0.4) is 0 Å². The summed E-state index contributed by atoms with van der Waals surface area (Å²) in [7, 11) is 1.45. The average molecular weight is 540 g/mol. The Hall–Kier alpha value is -3.27. The third-order valence-corrected chi connectivity index (χ3v) is 8.15. The van der Waals surface area contributed by atoms with Crippen LogP contribution in [-0.2, 0) is 14.4 Å². The van der Waals surface area contributed by atoms with Gasteiger partial charge in [0.1, 0.15) is 12.3 Å². The number of unbranched alkanes of at least 4 members (excludes halogenated alkanes) is 1. The van der Waals surface area contributed by atoms with E-state index in [-0.39, 0.29) is 18.7 Å². The summed E-state index contributed by atoms with van der Waals surface area (Å²) in [6.07, 6.45) is 9.16. The summed E-state index contributed by atoms with van der Waals surface area (Å²) in [4.78, 5) is 67.9. The van der Waals surface area contributed by atoms with Gasteiger partial charge in [-0.05, 0) is 50.8 Å². The van der Waals surface area contributed by atoms with Gasteiger partial charge in [0.05, 0.1) is 16.8 Å². The second kappa shape index (κ2) is 13.7. The van der Waals surface area contributed by atoms with Crippen LogP contribution >= 0.6 is 0 Å². The molecule has 2 fully saturated rings. The number of aldehydes is 1. The van der Waals surface area contributed by atoms with Gasteiger partial charge in [-0.1, -0.05) is 25.3 Å². The molecule has 39 heavy (non-hydrogen) atoms. The highest BCUT2D eigenvalue weighted by molar-refractivity contribution is 6.25. The zero-order chi connectivity index (χ0) is 27.8. The van der Waals surface area contributed by atoms with Gasteiger partial charge < -0.3 is 20.3 Å². The lowest BCUT2D eigenvalue weighted by atomic mass is 9.95. The van der Waals surface area contributed by atoms with Gasteiger partial charge in [0.15, 0.2) is 0 Å². The molecule has 0 bridgehead atoms. The number of rotatable bonds is 12. The Bertz CT molecular complexity index is 1060. The Morgan fingerprint density at radius 1 is 1.03 bits per heavy atom. The highest BCUT2D eigenvalue weighted by Crippen LogP contribution is 2.34. The lowest BCUT2D eigenvalue weighted by molar-refractivity contribution is -0.125. The molecule has 1 aliphatic carbocycles. The van der Waals surface area contributed by atoms with Crippen molar-refractivity contribution in [2.45, 2.75) is 76.3 Å². The summed E-state index contributed by atoms with van der Waals surface area (Å²) >= 11 is 0. The topological polar surface area (TPSA) is 119 Å². The normalized spacial score (nSPS) is 19.1. The van der Waals surface area contributed by atoms with Crippen LogP contribution in [0, 0.1) is 0 Å². The smallest absolute Gasteiger partial charge is 0.264 e. The molecule has 2 N–H and O–H groups in total. The number of nitrogens with one attached hydrogen (secondary N) is 2. The number of hydrogen-bond donors (Lipinski definition) is 2. The number of carbonyl (C=O) groups is 5. The van der Waals surface area contributed by atoms with Crippen LogP contribution in [0.15, 0.2) is 18.2 Å². The van der Waals surface area contributed by atoms with Crippen molar-refractivity contribution in [3.05, 3.63) is 29.3 Å². The van der Waals surface area contributed by atoms with Crippen molar-refractivity contribution in [1.29, 1.82) is 0 Å². The zero-order valence-electron chi connectivity index (χ0n) is 23.0. The van der Waals surface area contributed by atoms with Gasteiger partial charge in [-0.2, -0.15) is 0 Å². The minimum Gasteiger partial charge on any atom is -0.368 e. The molecule has 10 nitrogen and oxygen atoms in total. The minimum atomic E-state index is -1.03. The second-order valence-electron chi connectivity index (χ2n) is 10.7. The molecule has 4 rings (SSSR count). The molecule has 1 saturated carbocycles. The van der Waals surface area contributed by atoms with Gasteiger partial charge in [0.2, 0.25) is 11.8 Å². The first-order valence-electron chi connectivity index (χ1n) is 14.4. The first-order chi connectivity index (χ1) is 18.9. The van der Waals surface area contributed by atoms with Crippen molar-refractivity contribution in [3.8, 4) is 0 Å². The number of hydrogen-bond acceptors (Lipinski definition) is 7. The molecule has 212 valence electrons. The number of amides is 4. The molecule has 1 saturated heterocycles. The van der Waals surface area contributed by atoms with Crippen molar-refractivity contribution in [1.82, 2.24) is 20.4 Å². The van der Waals surface area contributed by atoms with Crippen LogP contribution < -0.4 is 15.5 Å². The summed E-state index contributed by atoms with van der Waals surface area (Å²) in [6.45, 7) is 4.00. The summed E-state index contributed by atoms with van der Waals surface area (Å²) in [5.41, 5.74) is 1.34. The van der Waals surface area contributed by atoms with Crippen LogP contribution in [-0.4, -0.2) is 91.6 Å². The van der Waals surface area contributed by atoms with Crippen molar-refractivity contribution in [3.63, 3.8) is 0 Å². The molecular formula is C29H41N5O5. The Morgan fingerprint density at radius 3 is 2.46 bits per heavy atom. The highest BCUT2D eigenvalue weighted by atomic mass is 16.2. The summed E-state index contributed by atoms with van der Waals surface area (Å²) < 4.78 is 0. The fourth-order valence-corrected chi connectivity index (χ4v) is 5.98. The molecule has 10 heteroatoms. The second-order valence-corrected chi connectivity index (χ2v) is 10.7. The number of carbonyl (C=O) groups excluding carboxylic acids is 5. The molecule has 1 unspecified atom stereocenters. The third-order valence-electron chi connectivity index (χ3n) is 8.15. The van der Waals surface area contributed by atoms with Crippen LogP contribution in [0.25, 0.3) is 0 Å². The summed E-state index contributed by atoms with van der Waals surface area (Å²) in [5, 5.41) is 5.69. The minimum absolute atomic E-state index is 0.0749. The molecule has 4 amide bonds.